The summed E-state index contributed by atoms with van der Waals surface area (Å²) < 4.78 is 0. The zero-order valence-electron chi connectivity index (χ0n) is 12.8. The molecule has 0 aromatic heterocycles. The summed E-state index contributed by atoms with van der Waals surface area (Å²) in [7, 11) is 0. The third-order valence-corrected chi connectivity index (χ3v) is 3.65. The molecule has 5 heteroatoms. The van der Waals surface area contributed by atoms with Gasteiger partial charge in [0, 0.05) is 0 Å². The minimum Gasteiger partial charge on any atom is -0.480 e. The van der Waals surface area contributed by atoms with Crippen LogP contribution in [0, 0.1) is 0 Å². The number of aliphatic hydroxyl groups is 1. The number of nitrogens with one attached hydrogen (secondary N) is 1. The molecule has 2 aromatic rings. The molecule has 23 heavy (non-hydrogen) atoms. The molecular weight excluding hydrogens is 294 g/mol. The monoisotopic (exact) mass is 313 g/mol. The van der Waals surface area contributed by atoms with Gasteiger partial charge in [-0.25, -0.2) is 0 Å². The fraction of sp³-hybridized carbons (Fsp3) is 0.222. The molecule has 1 amide bonds. The van der Waals surface area contributed by atoms with E-state index in [0.717, 1.165) is 11.1 Å². The fourth-order valence-electron chi connectivity index (χ4n) is 2.29. The molecule has 0 heterocycles. The summed E-state index contributed by atoms with van der Waals surface area (Å²) in [4.78, 5) is 22.5. The summed E-state index contributed by atoms with van der Waals surface area (Å²) in [5.74, 6) is -1.95. The lowest BCUT2D eigenvalue weighted by atomic mass is 9.94. The van der Waals surface area contributed by atoms with E-state index in [0.29, 0.717) is 5.56 Å². The molecule has 0 saturated carbocycles. The molecule has 0 aliphatic carbocycles. The summed E-state index contributed by atoms with van der Waals surface area (Å²) in [6.07, 6.45) is -0.773. The molecule has 0 aliphatic heterocycles. The lowest BCUT2D eigenvalue weighted by Crippen LogP contribution is -2.32. The predicted octanol–water partition coefficient (Wildman–Crippen LogP) is 2.07. The van der Waals surface area contributed by atoms with Crippen LogP contribution in [0.25, 0.3) is 0 Å². The van der Waals surface area contributed by atoms with E-state index in [4.69, 9.17) is 5.11 Å². The number of carbonyl (C=O) groups is 2. The molecule has 2 atom stereocenters. The lowest BCUT2D eigenvalue weighted by Gasteiger charge is -2.16. The van der Waals surface area contributed by atoms with Gasteiger partial charge in [0.05, 0.1) is 5.92 Å². The maximum Gasteiger partial charge on any atom is 0.322 e. The van der Waals surface area contributed by atoms with Gasteiger partial charge in [0.2, 0.25) is 5.91 Å². The van der Waals surface area contributed by atoms with Crippen molar-refractivity contribution in [1.82, 2.24) is 5.32 Å². The second kappa shape index (κ2) is 7.56. The van der Waals surface area contributed by atoms with Crippen LogP contribution in [0.5, 0.6) is 0 Å². The highest BCUT2D eigenvalue weighted by Crippen LogP contribution is 2.25. The Morgan fingerprint density at radius 3 is 2.26 bits per heavy atom. The number of carboxylic acids is 1. The van der Waals surface area contributed by atoms with Crippen molar-refractivity contribution in [2.75, 3.05) is 6.54 Å². The highest BCUT2D eigenvalue weighted by Gasteiger charge is 2.18. The zero-order chi connectivity index (χ0) is 16.8. The van der Waals surface area contributed by atoms with E-state index >= 15 is 0 Å². The number of benzene rings is 2. The van der Waals surface area contributed by atoms with Crippen LogP contribution in [0.1, 0.15) is 35.6 Å². The Bertz CT molecular complexity index is 684. The van der Waals surface area contributed by atoms with E-state index in [2.05, 4.69) is 5.32 Å². The summed E-state index contributed by atoms with van der Waals surface area (Å²) in [6.45, 7) is 1.29. The second-order valence-corrected chi connectivity index (χ2v) is 5.32. The van der Waals surface area contributed by atoms with Gasteiger partial charge in [-0.05, 0) is 23.6 Å². The van der Waals surface area contributed by atoms with Crippen LogP contribution in [-0.4, -0.2) is 28.6 Å². The van der Waals surface area contributed by atoms with Crippen molar-refractivity contribution in [3.8, 4) is 0 Å². The predicted molar refractivity (Wildman–Crippen MR) is 86.0 cm³/mol. The SMILES string of the molecule is CC(C(=O)NCC(=O)O)c1cccc(C(O)c2ccccc2)c1. The molecule has 0 saturated heterocycles. The lowest BCUT2D eigenvalue weighted by molar-refractivity contribution is -0.138. The molecule has 2 unspecified atom stereocenters. The summed E-state index contributed by atoms with van der Waals surface area (Å²) in [5, 5.41) is 21.4. The van der Waals surface area contributed by atoms with Crippen LogP contribution in [0.4, 0.5) is 0 Å². The van der Waals surface area contributed by atoms with Crippen LogP contribution < -0.4 is 5.32 Å². The second-order valence-electron chi connectivity index (χ2n) is 5.32. The van der Waals surface area contributed by atoms with Gasteiger partial charge in [0.25, 0.3) is 0 Å². The number of amides is 1. The van der Waals surface area contributed by atoms with Crippen LogP contribution in [0.2, 0.25) is 0 Å². The Balaban J connectivity index is 2.16. The van der Waals surface area contributed by atoms with Gasteiger partial charge in [-0.15, -0.1) is 0 Å². The Morgan fingerprint density at radius 1 is 1.00 bits per heavy atom. The van der Waals surface area contributed by atoms with Gasteiger partial charge < -0.3 is 15.5 Å². The van der Waals surface area contributed by atoms with Crippen molar-refractivity contribution < 1.29 is 19.8 Å². The maximum atomic E-state index is 12.0. The number of carboxylic acid groups (broad SMARTS) is 1. The van der Waals surface area contributed by atoms with E-state index in [1.807, 2.05) is 30.3 Å². The Kier molecular flexibility index (Phi) is 5.49. The first-order valence-corrected chi connectivity index (χ1v) is 7.31. The van der Waals surface area contributed by atoms with Crippen molar-refractivity contribution in [3.63, 3.8) is 0 Å². The highest BCUT2D eigenvalue weighted by atomic mass is 16.4. The molecule has 3 N–H and O–H groups in total. The van der Waals surface area contributed by atoms with E-state index < -0.39 is 24.5 Å². The highest BCUT2D eigenvalue weighted by molar-refractivity contribution is 5.86. The smallest absolute Gasteiger partial charge is 0.322 e. The summed E-state index contributed by atoms with van der Waals surface area (Å²) in [5.41, 5.74) is 2.18. The molecule has 5 nitrogen and oxygen atoms in total. The largest absolute Gasteiger partial charge is 0.480 e. The standard InChI is InChI=1S/C18H19NO4/c1-12(18(23)19-11-16(20)21)14-8-5-9-15(10-14)17(22)13-6-3-2-4-7-13/h2-10,12,17,22H,11H2,1H3,(H,19,23)(H,20,21). The first kappa shape index (κ1) is 16.7. The van der Waals surface area contributed by atoms with Crippen molar-refractivity contribution in [2.45, 2.75) is 18.9 Å². The van der Waals surface area contributed by atoms with Gasteiger partial charge in [0.15, 0.2) is 0 Å². The Hall–Kier alpha value is -2.66. The van der Waals surface area contributed by atoms with Crippen molar-refractivity contribution in [2.24, 2.45) is 0 Å². The quantitative estimate of drug-likeness (QED) is 0.762. The van der Waals surface area contributed by atoms with Gasteiger partial charge in [-0.3, -0.25) is 9.59 Å². The first-order valence-electron chi connectivity index (χ1n) is 7.31. The maximum absolute atomic E-state index is 12.0. The Morgan fingerprint density at radius 2 is 1.61 bits per heavy atom. The third kappa shape index (κ3) is 4.40. The Labute approximate surface area is 134 Å². The van der Waals surface area contributed by atoms with E-state index in [1.165, 1.54) is 0 Å². The van der Waals surface area contributed by atoms with Crippen LogP contribution in [-0.2, 0) is 9.59 Å². The van der Waals surface area contributed by atoms with Crippen LogP contribution >= 0.6 is 0 Å². The average molecular weight is 313 g/mol. The molecule has 0 fully saturated rings. The molecule has 2 aromatic carbocycles. The number of hydrogen-bond donors (Lipinski definition) is 3. The van der Waals surface area contributed by atoms with Gasteiger partial charge in [0.1, 0.15) is 12.6 Å². The van der Waals surface area contributed by atoms with E-state index in [9.17, 15) is 14.7 Å². The van der Waals surface area contributed by atoms with Gasteiger partial charge in [-0.2, -0.15) is 0 Å². The third-order valence-electron chi connectivity index (χ3n) is 3.65. The normalized spacial score (nSPS) is 13.1. The van der Waals surface area contributed by atoms with Crippen molar-refractivity contribution in [1.29, 1.82) is 0 Å². The molecule has 0 bridgehead atoms. The number of rotatable bonds is 6. The van der Waals surface area contributed by atoms with Gasteiger partial charge in [-0.1, -0.05) is 54.6 Å². The molecule has 0 spiro atoms. The minimum atomic E-state index is -1.08. The van der Waals surface area contributed by atoms with Crippen molar-refractivity contribution in [3.05, 3.63) is 71.3 Å². The zero-order valence-corrected chi connectivity index (χ0v) is 12.8. The minimum absolute atomic E-state index is 0.362. The molecule has 120 valence electrons. The average Bonchev–Trinajstić information content (AvgIpc) is 2.59. The van der Waals surface area contributed by atoms with Crippen LogP contribution in [0.3, 0.4) is 0 Å². The fourth-order valence-corrected chi connectivity index (χ4v) is 2.29. The van der Waals surface area contributed by atoms with E-state index in [-0.39, 0.29) is 5.91 Å². The number of carbonyl (C=O) groups excluding carboxylic acids is 1. The van der Waals surface area contributed by atoms with Crippen molar-refractivity contribution >= 4 is 11.9 Å². The van der Waals surface area contributed by atoms with Gasteiger partial charge >= 0.3 is 5.97 Å². The summed E-state index contributed by atoms with van der Waals surface area (Å²) in [6, 6.07) is 16.4. The molecular formula is C18H19NO4. The number of aliphatic hydroxyl groups excluding tert-OH is 1. The first-order chi connectivity index (χ1) is 11.0. The van der Waals surface area contributed by atoms with E-state index in [1.54, 1.807) is 31.2 Å². The molecule has 2 rings (SSSR count). The van der Waals surface area contributed by atoms with Crippen LogP contribution in [0.15, 0.2) is 54.6 Å². The number of hydrogen-bond acceptors (Lipinski definition) is 3. The number of aliphatic carboxylic acids is 1. The summed E-state index contributed by atoms with van der Waals surface area (Å²) >= 11 is 0. The molecule has 0 radical (unpaired) electrons. The molecule has 0 aliphatic rings. The topological polar surface area (TPSA) is 86.6 Å².